The highest BCUT2D eigenvalue weighted by molar-refractivity contribution is 5.50. The number of fused-ring (bicyclic) bond motifs is 1. The molecular formula is C19H17F3. The van der Waals surface area contributed by atoms with Gasteiger partial charge in [-0.25, -0.2) is 13.2 Å². The first-order valence-corrected chi connectivity index (χ1v) is 7.48. The van der Waals surface area contributed by atoms with E-state index in [4.69, 9.17) is 0 Å². The van der Waals surface area contributed by atoms with E-state index in [2.05, 4.69) is 0 Å². The van der Waals surface area contributed by atoms with Crippen molar-refractivity contribution in [2.75, 3.05) is 0 Å². The molecule has 0 radical (unpaired) electrons. The Hall–Kier alpha value is -2.03. The van der Waals surface area contributed by atoms with Gasteiger partial charge in [0, 0.05) is 0 Å². The minimum absolute atomic E-state index is 0.108. The van der Waals surface area contributed by atoms with Crippen LogP contribution >= 0.6 is 0 Å². The summed E-state index contributed by atoms with van der Waals surface area (Å²) >= 11 is 0. The molecule has 0 spiro atoms. The van der Waals surface area contributed by atoms with Crippen LogP contribution in [0.4, 0.5) is 13.2 Å². The van der Waals surface area contributed by atoms with E-state index >= 15 is 0 Å². The normalized spacial score (nSPS) is 17.7. The summed E-state index contributed by atoms with van der Waals surface area (Å²) in [6, 6.07) is 7.91. The summed E-state index contributed by atoms with van der Waals surface area (Å²) in [5.74, 6) is -2.00. The lowest BCUT2D eigenvalue weighted by molar-refractivity contribution is 0.470. The number of rotatable bonds is 2. The van der Waals surface area contributed by atoms with E-state index in [-0.39, 0.29) is 11.7 Å². The molecule has 2 aromatic rings. The average molecular weight is 302 g/mol. The molecule has 0 saturated heterocycles. The molecule has 3 rings (SSSR count). The number of allylic oxidation sites excluding steroid dienone is 1. The summed E-state index contributed by atoms with van der Waals surface area (Å²) in [5.41, 5.74) is 2.62. The SMILES string of the molecule is C/C=C/c1ccc(C2CCc3ccc(F)c(F)c3C2)c(F)c1. The van der Waals surface area contributed by atoms with Gasteiger partial charge < -0.3 is 0 Å². The van der Waals surface area contributed by atoms with Gasteiger partial charge in [-0.1, -0.05) is 30.4 Å². The van der Waals surface area contributed by atoms with Crippen LogP contribution in [0.3, 0.4) is 0 Å². The van der Waals surface area contributed by atoms with Crippen molar-refractivity contribution >= 4 is 6.08 Å². The summed E-state index contributed by atoms with van der Waals surface area (Å²) < 4.78 is 41.7. The summed E-state index contributed by atoms with van der Waals surface area (Å²) in [4.78, 5) is 0. The van der Waals surface area contributed by atoms with Gasteiger partial charge in [-0.15, -0.1) is 0 Å². The molecule has 0 saturated carbocycles. The molecule has 114 valence electrons. The van der Waals surface area contributed by atoms with Gasteiger partial charge in [-0.05, 0) is 66.5 Å². The third kappa shape index (κ3) is 2.68. The summed E-state index contributed by atoms with van der Waals surface area (Å²) in [5, 5.41) is 0. The van der Waals surface area contributed by atoms with Crippen LogP contribution in [0.1, 0.15) is 41.5 Å². The van der Waals surface area contributed by atoms with Gasteiger partial charge in [0.15, 0.2) is 11.6 Å². The van der Waals surface area contributed by atoms with Crippen molar-refractivity contribution in [1.82, 2.24) is 0 Å². The monoisotopic (exact) mass is 302 g/mol. The van der Waals surface area contributed by atoms with E-state index < -0.39 is 11.6 Å². The van der Waals surface area contributed by atoms with Crippen molar-refractivity contribution in [3.8, 4) is 0 Å². The molecular weight excluding hydrogens is 285 g/mol. The average Bonchev–Trinajstić information content (AvgIpc) is 2.51. The molecule has 22 heavy (non-hydrogen) atoms. The molecule has 2 aromatic carbocycles. The zero-order valence-corrected chi connectivity index (χ0v) is 12.4. The molecule has 0 nitrogen and oxygen atoms in total. The van der Waals surface area contributed by atoms with Crippen molar-refractivity contribution < 1.29 is 13.2 Å². The van der Waals surface area contributed by atoms with Gasteiger partial charge in [0.1, 0.15) is 5.82 Å². The molecule has 3 heteroatoms. The Morgan fingerprint density at radius 3 is 2.59 bits per heavy atom. The lowest BCUT2D eigenvalue weighted by atomic mass is 9.79. The van der Waals surface area contributed by atoms with Crippen LogP contribution in [0.25, 0.3) is 6.08 Å². The molecule has 0 N–H and O–H groups in total. The predicted octanol–water partition coefficient (Wildman–Crippen LogP) is 5.41. The van der Waals surface area contributed by atoms with E-state index in [0.717, 1.165) is 17.5 Å². The van der Waals surface area contributed by atoms with Gasteiger partial charge in [-0.3, -0.25) is 0 Å². The lowest BCUT2D eigenvalue weighted by Crippen LogP contribution is -2.16. The second-order valence-electron chi connectivity index (χ2n) is 5.72. The Kier molecular flexibility index (Phi) is 4.06. The Morgan fingerprint density at radius 1 is 1.05 bits per heavy atom. The van der Waals surface area contributed by atoms with Crippen molar-refractivity contribution in [3.05, 3.63) is 76.1 Å². The van der Waals surface area contributed by atoms with Crippen LogP contribution in [0.2, 0.25) is 0 Å². The Morgan fingerprint density at radius 2 is 1.86 bits per heavy atom. The maximum atomic E-state index is 14.3. The number of aryl methyl sites for hydroxylation is 1. The maximum Gasteiger partial charge on any atom is 0.162 e. The quantitative estimate of drug-likeness (QED) is 0.696. The Balaban J connectivity index is 1.93. The minimum atomic E-state index is -0.830. The van der Waals surface area contributed by atoms with Crippen molar-refractivity contribution in [2.24, 2.45) is 0 Å². The zero-order chi connectivity index (χ0) is 15.7. The molecule has 0 bridgehead atoms. The third-order valence-electron chi connectivity index (χ3n) is 4.33. The largest absolute Gasteiger partial charge is 0.207 e. The highest BCUT2D eigenvalue weighted by Gasteiger charge is 2.26. The van der Waals surface area contributed by atoms with E-state index in [9.17, 15) is 13.2 Å². The summed E-state index contributed by atoms with van der Waals surface area (Å²) in [7, 11) is 0. The van der Waals surface area contributed by atoms with Gasteiger partial charge in [0.05, 0.1) is 0 Å². The second kappa shape index (κ2) is 5.99. The minimum Gasteiger partial charge on any atom is -0.207 e. The number of hydrogen-bond acceptors (Lipinski definition) is 0. The molecule has 1 atom stereocenters. The van der Waals surface area contributed by atoms with Crippen LogP contribution in [-0.4, -0.2) is 0 Å². The summed E-state index contributed by atoms with van der Waals surface area (Å²) in [6.45, 7) is 1.88. The second-order valence-corrected chi connectivity index (χ2v) is 5.72. The third-order valence-corrected chi connectivity index (χ3v) is 4.33. The maximum absolute atomic E-state index is 14.3. The van der Waals surface area contributed by atoms with Crippen molar-refractivity contribution in [2.45, 2.75) is 32.1 Å². The van der Waals surface area contributed by atoms with Crippen LogP contribution in [0.5, 0.6) is 0 Å². The summed E-state index contributed by atoms with van der Waals surface area (Å²) in [6.07, 6.45) is 5.42. The molecule has 0 fully saturated rings. The molecule has 0 heterocycles. The van der Waals surface area contributed by atoms with Crippen LogP contribution in [0, 0.1) is 17.5 Å². The fourth-order valence-corrected chi connectivity index (χ4v) is 3.20. The lowest BCUT2D eigenvalue weighted by Gasteiger charge is -2.26. The van der Waals surface area contributed by atoms with Crippen molar-refractivity contribution in [1.29, 1.82) is 0 Å². The first-order chi connectivity index (χ1) is 10.6. The van der Waals surface area contributed by atoms with E-state index in [1.807, 2.05) is 25.1 Å². The van der Waals surface area contributed by atoms with Crippen molar-refractivity contribution in [3.63, 3.8) is 0 Å². The fraction of sp³-hybridized carbons (Fsp3) is 0.263. The molecule has 0 aliphatic heterocycles. The first-order valence-electron chi connectivity index (χ1n) is 7.48. The highest BCUT2D eigenvalue weighted by atomic mass is 19.2. The van der Waals surface area contributed by atoms with E-state index in [1.165, 1.54) is 12.1 Å². The van der Waals surface area contributed by atoms with Gasteiger partial charge in [0.2, 0.25) is 0 Å². The standard InChI is InChI=1S/C19H17F3/c1-2-3-12-4-8-15(18(21)10-12)14-6-5-13-7-9-17(20)19(22)16(13)11-14/h2-4,7-10,14H,5-6,11H2,1H3/b3-2+. The van der Waals surface area contributed by atoms with E-state index in [1.54, 1.807) is 12.1 Å². The Bertz CT molecular complexity index is 732. The molecule has 1 unspecified atom stereocenters. The van der Waals surface area contributed by atoms with Gasteiger partial charge >= 0.3 is 0 Å². The van der Waals surface area contributed by atoms with Crippen LogP contribution in [0.15, 0.2) is 36.4 Å². The predicted molar refractivity (Wildman–Crippen MR) is 82.2 cm³/mol. The van der Waals surface area contributed by atoms with E-state index in [0.29, 0.717) is 24.0 Å². The zero-order valence-electron chi connectivity index (χ0n) is 12.4. The molecule has 0 aromatic heterocycles. The topological polar surface area (TPSA) is 0 Å². The smallest absolute Gasteiger partial charge is 0.162 e. The molecule has 1 aliphatic carbocycles. The van der Waals surface area contributed by atoms with Gasteiger partial charge in [0.25, 0.3) is 0 Å². The highest BCUT2D eigenvalue weighted by Crippen LogP contribution is 2.35. The Labute approximate surface area is 128 Å². The molecule has 0 amide bonds. The fourth-order valence-electron chi connectivity index (χ4n) is 3.20. The first kappa shape index (κ1) is 14.9. The molecule has 1 aliphatic rings. The van der Waals surface area contributed by atoms with Crippen LogP contribution in [-0.2, 0) is 12.8 Å². The van der Waals surface area contributed by atoms with Crippen LogP contribution < -0.4 is 0 Å². The number of hydrogen-bond donors (Lipinski definition) is 0. The number of halogens is 3. The number of benzene rings is 2. The van der Waals surface area contributed by atoms with Gasteiger partial charge in [-0.2, -0.15) is 0 Å².